The van der Waals surface area contributed by atoms with Crippen LogP contribution in [0.4, 0.5) is 5.69 Å². The first kappa shape index (κ1) is 25.9. The second kappa shape index (κ2) is 13.9. The Morgan fingerprint density at radius 3 is 2.38 bits per heavy atom. The van der Waals surface area contributed by atoms with Gasteiger partial charge >= 0.3 is 0 Å². The molecular formula is C24H31ClN2O4S. The first-order valence-corrected chi connectivity index (χ1v) is 12.5. The van der Waals surface area contributed by atoms with Crippen LogP contribution in [0.15, 0.2) is 42.5 Å². The van der Waals surface area contributed by atoms with Crippen molar-refractivity contribution in [3.8, 4) is 11.5 Å². The van der Waals surface area contributed by atoms with Crippen molar-refractivity contribution in [2.75, 3.05) is 30.5 Å². The first-order chi connectivity index (χ1) is 15.5. The molecule has 8 heteroatoms. The summed E-state index contributed by atoms with van der Waals surface area (Å²) in [6.07, 6.45) is 4.18. The predicted molar refractivity (Wildman–Crippen MR) is 132 cm³/mol. The largest absolute Gasteiger partial charge is 0.490 e. The number of carbonyl (C=O) groups excluding carboxylic acids is 2. The van der Waals surface area contributed by atoms with E-state index in [4.69, 9.17) is 21.1 Å². The number of ether oxygens (including phenoxy) is 2. The average molecular weight is 479 g/mol. The number of amides is 2. The zero-order valence-electron chi connectivity index (χ0n) is 18.8. The number of hydrogen-bond donors (Lipinski definition) is 2. The summed E-state index contributed by atoms with van der Waals surface area (Å²) < 4.78 is 11.5. The molecule has 0 aliphatic heterocycles. The molecule has 0 saturated heterocycles. The molecule has 0 radical (unpaired) electrons. The highest BCUT2D eigenvalue weighted by Gasteiger charge is 2.22. The van der Waals surface area contributed by atoms with E-state index < -0.39 is 6.04 Å². The Balaban J connectivity index is 2.15. The molecule has 0 saturated carbocycles. The van der Waals surface area contributed by atoms with Crippen LogP contribution in [0.25, 0.3) is 0 Å². The summed E-state index contributed by atoms with van der Waals surface area (Å²) in [5.74, 6) is 1.26. The number of anilines is 1. The SMILES string of the molecule is CCCOc1ccc(NC(=O)C(CCSC)NC(=O)c2ccccc2Cl)cc1OCCC. The number of benzene rings is 2. The van der Waals surface area contributed by atoms with Crippen molar-refractivity contribution < 1.29 is 19.1 Å². The Labute approximate surface area is 199 Å². The Bertz CT molecular complexity index is 894. The highest BCUT2D eigenvalue weighted by Crippen LogP contribution is 2.31. The molecule has 0 aliphatic carbocycles. The van der Waals surface area contributed by atoms with Gasteiger partial charge in [0.15, 0.2) is 11.5 Å². The second-order valence-corrected chi connectivity index (χ2v) is 8.53. The van der Waals surface area contributed by atoms with Gasteiger partial charge in [0.1, 0.15) is 6.04 Å². The molecule has 0 aliphatic rings. The number of halogens is 1. The van der Waals surface area contributed by atoms with Crippen molar-refractivity contribution >= 4 is 40.9 Å². The van der Waals surface area contributed by atoms with Crippen LogP contribution in [-0.2, 0) is 4.79 Å². The minimum absolute atomic E-state index is 0.303. The fourth-order valence-electron chi connectivity index (χ4n) is 2.86. The molecule has 0 heterocycles. The zero-order valence-corrected chi connectivity index (χ0v) is 20.4. The molecule has 1 atom stereocenters. The lowest BCUT2D eigenvalue weighted by Gasteiger charge is -2.19. The van der Waals surface area contributed by atoms with Crippen molar-refractivity contribution in [2.24, 2.45) is 0 Å². The summed E-state index contributed by atoms with van der Waals surface area (Å²) in [5, 5.41) is 6.05. The summed E-state index contributed by atoms with van der Waals surface area (Å²) >= 11 is 7.74. The van der Waals surface area contributed by atoms with Gasteiger partial charge in [-0.1, -0.05) is 37.6 Å². The minimum Gasteiger partial charge on any atom is -0.490 e. The second-order valence-electron chi connectivity index (χ2n) is 7.14. The fraction of sp³-hybridized carbons (Fsp3) is 0.417. The van der Waals surface area contributed by atoms with Crippen LogP contribution in [0.1, 0.15) is 43.5 Å². The highest BCUT2D eigenvalue weighted by atomic mass is 35.5. The van der Waals surface area contributed by atoms with E-state index in [2.05, 4.69) is 10.6 Å². The van der Waals surface area contributed by atoms with Crippen LogP contribution < -0.4 is 20.1 Å². The van der Waals surface area contributed by atoms with Crippen LogP contribution in [0.2, 0.25) is 5.02 Å². The third-order valence-corrected chi connectivity index (χ3v) is 5.46. The smallest absolute Gasteiger partial charge is 0.253 e. The van der Waals surface area contributed by atoms with Gasteiger partial charge in [-0.05, 0) is 55.5 Å². The lowest BCUT2D eigenvalue weighted by Crippen LogP contribution is -2.44. The van der Waals surface area contributed by atoms with Crippen molar-refractivity contribution in [1.29, 1.82) is 0 Å². The normalized spacial score (nSPS) is 11.5. The van der Waals surface area contributed by atoms with Gasteiger partial charge in [-0.2, -0.15) is 11.8 Å². The molecule has 32 heavy (non-hydrogen) atoms. The fourth-order valence-corrected chi connectivity index (χ4v) is 3.55. The Morgan fingerprint density at radius 1 is 1.03 bits per heavy atom. The molecule has 2 amide bonds. The Morgan fingerprint density at radius 2 is 1.72 bits per heavy atom. The summed E-state index contributed by atoms with van der Waals surface area (Å²) in [6.45, 7) is 5.19. The van der Waals surface area contributed by atoms with E-state index in [0.29, 0.717) is 47.4 Å². The maximum Gasteiger partial charge on any atom is 0.253 e. The molecule has 1 unspecified atom stereocenters. The summed E-state index contributed by atoms with van der Waals surface area (Å²) in [6, 6.07) is 11.4. The average Bonchev–Trinajstić information content (AvgIpc) is 2.79. The summed E-state index contributed by atoms with van der Waals surface area (Å²) in [5.41, 5.74) is 0.912. The number of hydrogen-bond acceptors (Lipinski definition) is 5. The molecular weight excluding hydrogens is 448 g/mol. The number of thioether (sulfide) groups is 1. The van der Waals surface area contributed by atoms with E-state index in [0.717, 1.165) is 18.6 Å². The van der Waals surface area contributed by atoms with Crippen LogP contribution in [0.5, 0.6) is 11.5 Å². The van der Waals surface area contributed by atoms with Crippen LogP contribution in [-0.4, -0.2) is 43.1 Å². The predicted octanol–water partition coefficient (Wildman–Crippen LogP) is 5.41. The Kier molecular flexibility index (Phi) is 11.2. The highest BCUT2D eigenvalue weighted by molar-refractivity contribution is 7.98. The van der Waals surface area contributed by atoms with Crippen molar-refractivity contribution in [3.05, 3.63) is 53.1 Å². The molecule has 2 aromatic carbocycles. The van der Waals surface area contributed by atoms with E-state index >= 15 is 0 Å². The molecule has 0 spiro atoms. The number of nitrogens with one attached hydrogen (secondary N) is 2. The zero-order chi connectivity index (χ0) is 23.3. The quantitative estimate of drug-likeness (QED) is 0.402. The molecule has 2 rings (SSSR count). The van der Waals surface area contributed by atoms with Gasteiger partial charge in [0.2, 0.25) is 5.91 Å². The van der Waals surface area contributed by atoms with Gasteiger partial charge < -0.3 is 20.1 Å². The van der Waals surface area contributed by atoms with E-state index in [-0.39, 0.29) is 11.8 Å². The van der Waals surface area contributed by atoms with E-state index in [1.165, 1.54) is 0 Å². The van der Waals surface area contributed by atoms with Gasteiger partial charge in [0.05, 0.1) is 23.8 Å². The number of rotatable bonds is 13. The van der Waals surface area contributed by atoms with Crippen LogP contribution in [0.3, 0.4) is 0 Å². The number of carbonyl (C=O) groups is 2. The van der Waals surface area contributed by atoms with E-state index in [1.54, 1.807) is 54.2 Å². The monoisotopic (exact) mass is 478 g/mol. The maximum absolute atomic E-state index is 13.0. The molecule has 0 aromatic heterocycles. The molecule has 174 valence electrons. The third kappa shape index (κ3) is 7.95. The van der Waals surface area contributed by atoms with Gasteiger partial charge in [0, 0.05) is 11.8 Å². The summed E-state index contributed by atoms with van der Waals surface area (Å²) in [4.78, 5) is 25.7. The van der Waals surface area contributed by atoms with E-state index in [1.807, 2.05) is 20.1 Å². The van der Waals surface area contributed by atoms with Crippen LogP contribution >= 0.6 is 23.4 Å². The van der Waals surface area contributed by atoms with Crippen molar-refractivity contribution in [2.45, 2.75) is 39.2 Å². The van der Waals surface area contributed by atoms with Gasteiger partial charge in [-0.15, -0.1) is 0 Å². The summed E-state index contributed by atoms with van der Waals surface area (Å²) in [7, 11) is 0. The van der Waals surface area contributed by atoms with Crippen LogP contribution in [0, 0.1) is 0 Å². The lowest BCUT2D eigenvalue weighted by atomic mass is 10.1. The first-order valence-electron chi connectivity index (χ1n) is 10.7. The third-order valence-electron chi connectivity index (χ3n) is 4.49. The standard InChI is InChI=1S/C24H31ClN2O4S/c1-4-13-30-21-11-10-17(16-22(21)31-14-5-2)26-24(29)20(12-15-32-3)27-23(28)18-8-6-7-9-19(18)25/h6-11,16,20H,4-5,12-15H2,1-3H3,(H,26,29)(H,27,28). The molecule has 2 aromatic rings. The van der Waals surface area contributed by atoms with Gasteiger partial charge in [-0.3, -0.25) is 9.59 Å². The molecule has 0 fully saturated rings. The minimum atomic E-state index is -0.706. The van der Waals surface area contributed by atoms with Crippen molar-refractivity contribution in [3.63, 3.8) is 0 Å². The van der Waals surface area contributed by atoms with Crippen molar-refractivity contribution in [1.82, 2.24) is 5.32 Å². The molecule has 0 bridgehead atoms. The lowest BCUT2D eigenvalue weighted by molar-refractivity contribution is -0.118. The molecule has 6 nitrogen and oxygen atoms in total. The Hall–Kier alpha value is -2.38. The molecule has 2 N–H and O–H groups in total. The van der Waals surface area contributed by atoms with Gasteiger partial charge in [-0.25, -0.2) is 0 Å². The maximum atomic E-state index is 13.0. The van der Waals surface area contributed by atoms with Gasteiger partial charge in [0.25, 0.3) is 5.91 Å². The topological polar surface area (TPSA) is 76.7 Å². The van der Waals surface area contributed by atoms with E-state index in [9.17, 15) is 9.59 Å².